The molecule has 1 aromatic heterocycles. The molecule has 0 amide bonds. The van der Waals surface area contributed by atoms with Gasteiger partial charge in [0.25, 0.3) is 0 Å². The minimum Gasteiger partial charge on any atom is -0.295 e. The highest BCUT2D eigenvalue weighted by molar-refractivity contribution is 7.14. The van der Waals surface area contributed by atoms with Gasteiger partial charge in [0.1, 0.15) is 0 Å². The molecule has 0 bridgehead atoms. The normalized spacial score (nSPS) is 10.5. The molecule has 0 saturated heterocycles. The van der Waals surface area contributed by atoms with Crippen LogP contribution in [0.15, 0.2) is 12.1 Å². The van der Waals surface area contributed by atoms with Gasteiger partial charge in [0.2, 0.25) is 0 Å². The first-order chi connectivity index (χ1) is 8.21. The number of aryl methyl sites for hydroxylation is 1. The smallest absolute Gasteiger partial charge is 0.186 e. The number of hydrogen-bond donors (Lipinski definition) is 0. The number of likely N-dealkylation sites (N-methyl/N-ethyl adjacent to an activating group) is 1. The van der Waals surface area contributed by atoms with Crippen molar-refractivity contribution in [3.63, 3.8) is 0 Å². The van der Waals surface area contributed by atoms with Crippen molar-refractivity contribution in [2.24, 2.45) is 0 Å². The van der Waals surface area contributed by atoms with Gasteiger partial charge in [-0.15, -0.1) is 11.3 Å². The Hall–Kier alpha value is -1.18. The molecule has 0 aromatic carbocycles. The molecule has 0 N–H and O–H groups in total. The Bertz CT molecular complexity index is 406. The van der Waals surface area contributed by atoms with Gasteiger partial charge in [0, 0.05) is 17.8 Å². The van der Waals surface area contributed by atoms with Crippen molar-refractivity contribution in [3.05, 3.63) is 21.9 Å². The van der Waals surface area contributed by atoms with Gasteiger partial charge in [-0.2, -0.15) is 5.26 Å². The Morgan fingerprint density at radius 2 is 2.24 bits per heavy atom. The molecule has 0 saturated carbocycles. The quantitative estimate of drug-likeness (QED) is 0.699. The lowest BCUT2D eigenvalue weighted by Crippen LogP contribution is -2.30. The molecular weight excluding hydrogens is 232 g/mol. The molecule has 4 heteroatoms. The van der Waals surface area contributed by atoms with E-state index in [1.807, 2.05) is 24.0 Å². The summed E-state index contributed by atoms with van der Waals surface area (Å²) < 4.78 is 0. The first-order valence-electron chi connectivity index (χ1n) is 5.92. The molecule has 1 rings (SSSR count). The molecule has 3 nitrogen and oxygen atoms in total. The minimum absolute atomic E-state index is 0.162. The highest BCUT2D eigenvalue weighted by Crippen LogP contribution is 2.17. The topological polar surface area (TPSA) is 44.1 Å². The van der Waals surface area contributed by atoms with Crippen LogP contribution in [0.2, 0.25) is 0 Å². The summed E-state index contributed by atoms with van der Waals surface area (Å²) in [6, 6.07) is 6.03. The van der Waals surface area contributed by atoms with Crippen molar-refractivity contribution in [1.82, 2.24) is 4.90 Å². The number of hydrogen-bond acceptors (Lipinski definition) is 4. The van der Waals surface area contributed by atoms with Gasteiger partial charge in [-0.3, -0.25) is 9.69 Å². The Morgan fingerprint density at radius 3 is 2.76 bits per heavy atom. The third-order valence-corrected chi connectivity index (χ3v) is 3.91. The van der Waals surface area contributed by atoms with E-state index in [-0.39, 0.29) is 5.78 Å². The average Bonchev–Trinajstić information content (AvgIpc) is 2.83. The number of carbonyl (C=O) groups excluding carboxylic acids is 1. The van der Waals surface area contributed by atoms with Crippen LogP contribution in [0.1, 0.15) is 34.8 Å². The lowest BCUT2D eigenvalue weighted by atomic mass is 10.2. The van der Waals surface area contributed by atoms with Crippen LogP contribution in [0, 0.1) is 11.3 Å². The van der Waals surface area contributed by atoms with E-state index >= 15 is 0 Å². The summed E-state index contributed by atoms with van der Waals surface area (Å²) in [5.74, 6) is 0.162. The minimum atomic E-state index is 0.162. The fourth-order valence-electron chi connectivity index (χ4n) is 1.56. The van der Waals surface area contributed by atoms with Gasteiger partial charge >= 0.3 is 0 Å². The summed E-state index contributed by atoms with van der Waals surface area (Å²) in [6.45, 7) is 5.99. The zero-order valence-electron chi connectivity index (χ0n) is 10.4. The molecular formula is C13H18N2OS. The zero-order valence-corrected chi connectivity index (χ0v) is 11.2. The number of thiophene rings is 1. The molecule has 1 aromatic rings. The van der Waals surface area contributed by atoms with Crippen molar-refractivity contribution in [2.75, 3.05) is 19.6 Å². The molecule has 0 spiro atoms. The zero-order chi connectivity index (χ0) is 12.7. The lowest BCUT2D eigenvalue weighted by molar-refractivity contribution is 0.0939. The van der Waals surface area contributed by atoms with Gasteiger partial charge < -0.3 is 0 Å². The molecule has 17 heavy (non-hydrogen) atoms. The van der Waals surface area contributed by atoms with Crippen LogP contribution in [0.4, 0.5) is 0 Å². The average molecular weight is 250 g/mol. The van der Waals surface area contributed by atoms with Crippen LogP contribution in [0.3, 0.4) is 0 Å². The molecule has 0 fully saturated rings. The van der Waals surface area contributed by atoms with E-state index in [0.717, 1.165) is 17.8 Å². The number of rotatable bonds is 7. The second-order valence-corrected chi connectivity index (χ2v) is 4.99. The maximum atomic E-state index is 12.0. The summed E-state index contributed by atoms with van der Waals surface area (Å²) in [5, 5.41) is 8.54. The summed E-state index contributed by atoms with van der Waals surface area (Å²) in [7, 11) is 0. The van der Waals surface area contributed by atoms with E-state index < -0.39 is 0 Å². The second-order valence-electron chi connectivity index (χ2n) is 3.82. The van der Waals surface area contributed by atoms with Crippen molar-refractivity contribution in [1.29, 1.82) is 5.26 Å². The van der Waals surface area contributed by atoms with Crippen LogP contribution < -0.4 is 0 Å². The number of ketones is 1. The Labute approximate surface area is 107 Å². The number of carbonyl (C=O) groups is 1. The van der Waals surface area contributed by atoms with E-state index in [4.69, 9.17) is 5.26 Å². The van der Waals surface area contributed by atoms with Crippen LogP contribution in [-0.2, 0) is 6.42 Å². The van der Waals surface area contributed by atoms with E-state index in [2.05, 4.69) is 13.0 Å². The third-order valence-electron chi connectivity index (χ3n) is 2.64. The monoisotopic (exact) mass is 250 g/mol. The Morgan fingerprint density at radius 1 is 1.47 bits per heavy atom. The van der Waals surface area contributed by atoms with Crippen LogP contribution in [0.25, 0.3) is 0 Å². The lowest BCUT2D eigenvalue weighted by Gasteiger charge is -2.17. The Balaban J connectivity index is 2.55. The molecule has 0 aliphatic carbocycles. The highest BCUT2D eigenvalue weighted by Gasteiger charge is 2.12. The van der Waals surface area contributed by atoms with E-state index in [1.165, 1.54) is 4.88 Å². The predicted molar refractivity (Wildman–Crippen MR) is 70.4 cm³/mol. The van der Waals surface area contributed by atoms with Gasteiger partial charge in [-0.25, -0.2) is 0 Å². The summed E-state index contributed by atoms with van der Waals surface area (Å²) in [5.41, 5.74) is 0. The SMILES string of the molecule is CCc1ccc(C(=O)CN(CC)CCC#N)s1. The van der Waals surface area contributed by atoms with E-state index in [0.29, 0.717) is 19.5 Å². The van der Waals surface area contributed by atoms with Crippen LogP contribution >= 0.6 is 11.3 Å². The van der Waals surface area contributed by atoms with Crippen molar-refractivity contribution < 1.29 is 4.79 Å². The van der Waals surface area contributed by atoms with Crippen LogP contribution in [0.5, 0.6) is 0 Å². The summed E-state index contributed by atoms with van der Waals surface area (Å²) in [6.07, 6.45) is 1.45. The van der Waals surface area contributed by atoms with Crippen molar-refractivity contribution >= 4 is 17.1 Å². The maximum absolute atomic E-state index is 12.0. The predicted octanol–water partition coefficient (Wildman–Crippen LogP) is 2.73. The fourth-order valence-corrected chi connectivity index (χ4v) is 2.43. The maximum Gasteiger partial charge on any atom is 0.186 e. The van der Waals surface area contributed by atoms with Gasteiger partial charge in [-0.05, 0) is 25.1 Å². The number of Topliss-reactive ketones (excluding diaryl/α,β-unsaturated/α-hetero) is 1. The molecule has 0 atom stereocenters. The largest absolute Gasteiger partial charge is 0.295 e. The Kier molecular flexibility index (Phi) is 5.88. The van der Waals surface area contributed by atoms with Crippen molar-refractivity contribution in [3.8, 4) is 6.07 Å². The number of nitrogens with zero attached hydrogens (tertiary/aromatic N) is 2. The fraction of sp³-hybridized carbons (Fsp3) is 0.538. The second kappa shape index (κ2) is 7.21. The van der Waals surface area contributed by atoms with Gasteiger partial charge in [0.15, 0.2) is 5.78 Å². The molecule has 0 unspecified atom stereocenters. The number of nitriles is 1. The van der Waals surface area contributed by atoms with Crippen LogP contribution in [-0.4, -0.2) is 30.3 Å². The van der Waals surface area contributed by atoms with Gasteiger partial charge in [0.05, 0.1) is 17.5 Å². The molecule has 0 radical (unpaired) electrons. The van der Waals surface area contributed by atoms with Crippen molar-refractivity contribution in [2.45, 2.75) is 26.7 Å². The molecule has 0 aliphatic heterocycles. The van der Waals surface area contributed by atoms with Gasteiger partial charge in [-0.1, -0.05) is 13.8 Å². The standard InChI is InChI=1S/C13H18N2OS/c1-3-11-6-7-13(17-11)12(16)10-15(4-2)9-5-8-14/h6-7H,3-5,9-10H2,1-2H3. The third kappa shape index (κ3) is 4.29. The summed E-state index contributed by atoms with van der Waals surface area (Å²) >= 11 is 1.58. The highest BCUT2D eigenvalue weighted by atomic mass is 32.1. The van der Waals surface area contributed by atoms with E-state index in [9.17, 15) is 4.79 Å². The van der Waals surface area contributed by atoms with E-state index in [1.54, 1.807) is 11.3 Å². The first-order valence-corrected chi connectivity index (χ1v) is 6.74. The molecule has 0 aliphatic rings. The first kappa shape index (κ1) is 13.9. The summed E-state index contributed by atoms with van der Waals surface area (Å²) in [4.78, 5) is 16.1. The molecule has 92 valence electrons. The molecule has 1 heterocycles.